The Kier molecular flexibility index (Phi) is 3.18. The number of aryl methyl sites for hydroxylation is 1. The standard InChI is InChI=1S/C14H18N2O/c1-4-9(2)16-14(17)11-5-6-13-12(8-11)7-10(3)15-13/h5-9,15H,4H2,1-3H3,(H,16,17). The van der Waals surface area contributed by atoms with E-state index in [2.05, 4.69) is 23.3 Å². The van der Waals surface area contributed by atoms with Gasteiger partial charge in [0.25, 0.3) is 5.91 Å². The van der Waals surface area contributed by atoms with Crippen molar-refractivity contribution in [2.45, 2.75) is 33.2 Å². The van der Waals surface area contributed by atoms with Gasteiger partial charge >= 0.3 is 0 Å². The van der Waals surface area contributed by atoms with Crippen molar-refractivity contribution in [2.75, 3.05) is 0 Å². The van der Waals surface area contributed by atoms with Crippen LogP contribution in [0.2, 0.25) is 0 Å². The van der Waals surface area contributed by atoms with Crippen LogP contribution in [0.25, 0.3) is 10.9 Å². The van der Waals surface area contributed by atoms with Crippen molar-refractivity contribution < 1.29 is 4.79 Å². The molecule has 1 atom stereocenters. The topological polar surface area (TPSA) is 44.9 Å². The molecule has 0 saturated heterocycles. The Morgan fingerprint density at radius 3 is 2.88 bits per heavy atom. The Bertz CT molecular complexity index is 542. The second kappa shape index (κ2) is 4.62. The van der Waals surface area contributed by atoms with E-state index in [1.54, 1.807) is 0 Å². The Morgan fingerprint density at radius 2 is 2.18 bits per heavy atom. The van der Waals surface area contributed by atoms with Gasteiger partial charge in [-0.15, -0.1) is 0 Å². The summed E-state index contributed by atoms with van der Waals surface area (Å²) in [6.07, 6.45) is 0.942. The molecular formula is C14H18N2O. The number of aromatic nitrogens is 1. The maximum atomic E-state index is 11.9. The number of rotatable bonds is 3. The van der Waals surface area contributed by atoms with Gasteiger partial charge in [0.2, 0.25) is 0 Å². The Labute approximate surface area is 101 Å². The number of aromatic amines is 1. The summed E-state index contributed by atoms with van der Waals surface area (Å²) in [5, 5.41) is 4.05. The van der Waals surface area contributed by atoms with Crippen LogP contribution in [0.1, 0.15) is 36.3 Å². The summed E-state index contributed by atoms with van der Waals surface area (Å²) in [6, 6.07) is 8.00. The molecule has 3 heteroatoms. The smallest absolute Gasteiger partial charge is 0.251 e. The lowest BCUT2D eigenvalue weighted by atomic mass is 10.1. The van der Waals surface area contributed by atoms with E-state index in [0.29, 0.717) is 0 Å². The zero-order chi connectivity index (χ0) is 12.4. The monoisotopic (exact) mass is 230 g/mol. The fourth-order valence-corrected chi connectivity index (χ4v) is 1.83. The van der Waals surface area contributed by atoms with Crippen molar-refractivity contribution >= 4 is 16.8 Å². The summed E-state index contributed by atoms with van der Waals surface area (Å²) < 4.78 is 0. The van der Waals surface area contributed by atoms with Gasteiger partial charge in [0, 0.05) is 28.2 Å². The molecule has 0 aliphatic carbocycles. The SMILES string of the molecule is CCC(C)NC(=O)c1ccc2[nH]c(C)cc2c1. The molecule has 0 spiro atoms. The molecule has 0 radical (unpaired) electrons. The largest absolute Gasteiger partial charge is 0.359 e. The van der Waals surface area contributed by atoms with E-state index in [1.165, 1.54) is 0 Å². The fraction of sp³-hybridized carbons (Fsp3) is 0.357. The molecule has 1 unspecified atom stereocenters. The molecule has 0 aliphatic rings. The second-order valence-corrected chi connectivity index (χ2v) is 4.54. The number of carbonyl (C=O) groups excluding carboxylic acids is 1. The Morgan fingerprint density at radius 1 is 1.41 bits per heavy atom. The number of hydrogen-bond donors (Lipinski definition) is 2. The van der Waals surface area contributed by atoms with Gasteiger partial charge in [-0.3, -0.25) is 4.79 Å². The second-order valence-electron chi connectivity index (χ2n) is 4.54. The quantitative estimate of drug-likeness (QED) is 0.836. The third-order valence-electron chi connectivity index (χ3n) is 3.01. The van der Waals surface area contributed by atoms with Gasteiger partial charge in [0.15, 0.2) is 0 Å². The van der Waals surface area contributed by atoms with E-state index in [-0.39, 0.29) is 11.9 Å². The van der Waals surface area contributed by atoms with Crippen LogP contribution < -0.4 is 5.32 Å². The van der Waals surface area contributed by atoms with Crippen molar-refractivity contribution in [1.82, 2.24) is 10.3 Å². The zero-order valence-electron chi connectivity index (χ0n) is 10.5. The minimum atomic E-state index is 0.0000954. The van der Waals surface area contributed by atoms with Gasteiger partial charge in [-0.05, 0) is 44.5 Å². The van der Waals surface area contributed by atoms with Crippen LogP contribution in [0.3, 0.4) is 0 Å². The Balaban J connectivity index is 2.26. The highest BCUT2D eigenvalue weighted by Gasteiger charge is 2.09. The highest BCUT2D eigenvalue weighted by atomic mass is 16.1. The van der Waals surface area contributed by atoms with Crippen LogP contribution in [0.4, 0.5) is 0 Å². The number of carbonyl (C=O) groups is 1. The maximum absolute atomic E-state index is 11.9. The average Bonchev–Trinajstić information content (AvgIpc) is 2.67. The first kappa shape index (κ1) is 11.7. The highest BCUT2D eigenvalue weighted by Crippen LogP contribution is 2.16. The molecule has 1 aromatic carbocycles. The van der Waals surface area contributed by atoms with Gasteiger partial charge in [-0.1, -0.05) is 6.92 Å². The van der Waals surface area contributed by atoms with Crippen molar-refractivity contribution in [2.24, 2.45) is 0 Å². The molecule has 90 valence electrons. The van der Waals surface area contributed by atoms with Gasteiger partial charge in [0.05, 0.1) is 0 Å². The van der Waals surface area contributed by atoms with Crippen LogP contribution in [0.5, 0.6) is 0 Å². The number of benzene rings is 1. The minimum Gasteiger partial charge on any atom is -0.359 e. The zero-order valence-corrected chi connectivity index (χ0v) is 10.5. The van der Waals surface area contributed by atoms with E-state index in [9.17, 15) is 4.79 Å². The summed E-state index contributed by atoms with van der Waals surface area (Å²) in [6.45, 7) is 6.08. The van der Waals surface area contributed by atoms with E-state index in [4.69, 9.17) is 0 Å². The lowest BCUT2D eigenvalue weighted by molar-refractivity contribution is 0.0939. The predicted octanol–water partition coefficient (Wildman–Crippen LogP) is 3.00. The molecule has 2 N–H and O–H groups in total. The fourth-order valence-electron chi connectivity index (χ4n) is 1.83. The summed E-state index contributed by atoms with van der Waals surface area (Å²) in [5.41, 5.74) is 2.90. The number of H-pyrrole nitrogens is 1. The first-order chi connectivity index (χ1) is 8.10. The van der Waals surface area contributed by atoms with Crippen molar-refractivity contribution in [3.8, 4) is 0 Å². The van der Waals surface area contributed by atoms with Crippen molar-refractivity contribution in [3.63, 3.8) is 0 Å². The first-order valence-corrected chi connectivity index (χ1v) is 6.00. The molecule has 0 bridgehead atoms. The molecule has 0 aliphatic heterocycles. The molecule has 0 fully saturated rings. The lowest BCUT2D eigenvalue weighted by Crippen LogP contribution is -2.31. The maximum Gasteiger partial charge on any atom is 0.251 e. The molecule has 17 heavy (non-hydrogen) atoms. The third-order valence-corrected chi connectivity index (χ3v) is 3.01. The van der Waals surface area contributed by atoms with E-state index in [0.717, 1.165) is 28.6 Å². The summed E-state index contributed by atoms with van der Waals surface area (Å²) in [4.78, 5) is 15.2. The highest BCUT2D eigenvalue weighted by molar-refractivity contribution is 5.98. The van der Waals surface area contributed by atoms with Crippen molar-refractivity contribution in [1.29, 1.82) is 0 Å². The molecule has 2 rings (SSSR count). The molecule has 1 amide bonds. The molecular weight excluding hydrogens is 212 g/mol. The molecule has 1 heterocycles. The van der Waals surface area contributed by atoms with Gasteiger partial charge in [0.1, 0.15) is 0 Å². The molecule has 0 saturated carbocycles. The van der Waals surface area contributed by atoms with Crippen LogP contribution in [0.15, 0.2) is 24.3 Å². The van der Waals surface area contributed by atoms with E-state index < -0.39 is 0 Å². The minimum absolute atomic E-state index is 0.0000954. The van der Waals surface area contributed by atoms with E-state index in [1.807, 2.05) is 32.0 Å². The van der Waals surface area contributed by atoms with E-state index >= 15 is 0 Å². The van der Waals surface area contributed by atoms with Gasteiger partial charge in [-0.25, -0.2) is 0 Å². The summed E-state index contributed by atoms with van der Waals surface area (Å²) >= 11 is 0. The molecule has 1 aromatic heterocycles. The normalized spacial score (nSPS) is 12.6. The predicted molar refractivity (Wildman–Crippen MR) is 70.3 cm³/mol. The van der Waals surface area contributed by atoms with Crippen LogP contribution in [0, 0.1) is 6.92 Å². The summed E-state index contributed by atoms with van der Waals surface area (Å²) in [5.74, 6) is 0.0000954. The lowest BCUT2D eigenvalue weighted by Gasteiger charge is -2.11. The van der Waals surface area contributed by atoms with Gasteiger partial charge < -0.3 is 10.3 Å². The first-order valence-electron chi connectivity index (χ1n) is 6.00. The van der Waals surface area contributed by atoms with Crippen LogP contribution in [-0.2, 0) is 0 Å². The van der Waals surface area contributed by atoms with Crippen molar-refractivity contribution in [3.05, 3.63) is 35.5 Å². The number of fused-ring (bicyclic) bond motifs is 1. The Hall–Kier alpha value is -1.77. The number of amides is 1. The number of hydrogen-bond acceptors (Lipinski definition) is 1. The number of nitrogens with one attached hydrogen (secondary N) is 2. The van der Waals surface area contributed by atoms with Crippen LogP contribution >= 0.6 is 0 Å². The van der Waals surface area contributed by atoms with Gasteiger partial charge in [-0.2, -0.15) is 0 Å². The summed E-state index contributed by atoms with van der Waals surface area (Å²) in [7, 11) is 0. The molecule has 2 aromatic rings. The average molecular weight is 230 g/mol. The van der Waals surface area contributed by atoms with Crippen LogP contribution in [-0.4, -0.2) is 16.9 Å². The third kappa shape index (κ3) is 2.49. The molecule has 3 nitrogen and oxygen atoms in total.